The highest BCUT2D eigenvalue weighted by atomic mass is 16.3. The van der Waals surface area contributed by atoms with Crippen LogP contribution in [0.25, 0.3) is 0 Å². The van der Waals surface area contributed by atoms with E-state index < -0.39 is 0 Å². The number of carbonyl (C=O) groups is 2. The van der Waals surface area contributed by atoms with E-state index in [1.165, 1.54) is 0 Å². The molecule has 0 aliphatic carbocycles. The van der Waals surface area contributed by atoms with Gasteiger partial charge in [-0.1, -0.05) is 32.0 Å². The van der Waals surface area contributed by atoms with Crippen molar-refractivity contribution in [2.75, 3.05) is 36.4 Å². The minimum Gasteiger partial charge on any atom is -0.506 e. The summed E-state index contributed by atoms with van der Waals surface area (Å²) < 4.78 is 0. The predicted molar refractivity (Wildman–Crippen MR) is 106 cm³/mol. The molecule has 0 saturated carbocycles. The molecule has 0 bridgehead atoms. The fraction of sp³-hybridized carbons (Fsp3) is 0.333. The number of nitrogens with one attached hydrogen (secondary N) is 1. The largest absolute Gasteiger partial charge is 0.506 e. The van der Waals surface area contributed by atoms with Crippen LogP contribution in [0.5, 0.6) is 5.75 Å². The molecule has 6 nitrogen and oxygen atoms in total. The van der Waals surface area contributed by atoms with Crippen molar-refractivity contribution < 1.29 is 14.7 Å². The highest BCUT2D eigenvalue weighted by Gasteiger charge is 2.23. The topological polar surface area (TPSA) is 72.9 Å². The smallest absolute Gasteiger partial charge is 0.254 e. The van der Waals surface area contributed by atoms with Crippen molar-refractivity contribution in [2.24, 2.45) is 5.92 Å². The van der Waals surface area contributed by atoms with Gasteiger partial charge in [0, 0.05) is 43.3 Å². The van der Waals surface area contributed by atoms with Crippen LogP contribution < -0.4 is 10.2 Å². The number of amides is 2. The third kappa shape index (κ3) is 4.39. The minimum absolute atomic E-state index is 0.0485. The van der Waals surface area contributed by atoms with Gasteiger partial charge in [-0.3, -0.25) is 9.59 Å². The molecule has 0 atom stereocenters. The lowest BCUT2D eigenvalue weighted by Crippen LogP contribution is -2.48. The van der Waals surface area contributed by atoms with Crippen LogP contribution in [0, 0.1) is 5.92 Å². The van der Waals surface area contributed by atoms with Gasteiger partial charge in [0.2, 0.25) is 5.91 Å². The molecule has 0 unspecified atom stereocenters. The SMILES string of the molecule is CC(C)C(=O)Nc1cccc(C(=O)N2CCN(c3ccccc3O)CC2)c1. The van der Waals surface area contributed by atoms with Crippen molar-refractivity contribution in [1.29, 1.82) is 0 Å². The highest BCUT2D eigenvalue weighted by molar-refractivity contribution is 5.97. The van der Waals surface area contributed by atoms with Crippen LogP contribution in [-0.2, 0) is 4.79 Å². The third-order valence-electron chi connectivity index (χ3n) is 4.69. The molecule has 27 heavy (non-hydrogen) atoms. The molecule has 1 saturated heterocycles. The monoisotopic (exact) mass is 367 g/mol. The molecule has 1 aliphatic rings. The van der Waals surface area contributed by atoms with Crippen molar-refractivity contribution in [3.8, 4) is 5.75 Å². The molecule has 1 fully saturated rings. The Kier molecular flexibility index (Phi) is 5.64. The zero-order chi connectivity index (χ0) is 19.4. The van der Waals surface area contributed by atoms with Crippen molar-refractivity contribution >= 4 is 23.2 Å². The zero-order valence-corrected chi connectivity index (χ0v) is 15.7. The second kappa shape index (κ2) is 8.12. The van der Waals surface area contributed by atoms with Gasteiger partial charge in [0.1, 0.15) is 5.75 Å². The molecule has 1 heterocycles. The number of piperazine rings is 1. The first-order valence-electron chi connectivity index (χ1n) is 9.19. The first kappa shape index (κ1) is 18.8. The Bertz CT molecular complexity index is 827. The van der Waals surface area contributed by atoms with E-state index in [4.69, 9.17) is 0 Å². The van der Waals surface area contributed by atoms with E-state index in [1.807, 2.05) is 26.0 Å². The Balaban J connectivity index is 1.64. The minimum atomic E-state index is -0.119. The number of aromatic hydroxyl groups is 1. The molecule has 0 aromatic heterocycles. The van der Waals surface area contributed by atoms with Gasteiger partial charge < -0.3 is 20.2 Å². The summed E-state index contributed by atoms with van der Waals surface area (Å²) in [5.41, 5.74) is 1.99. The first-order valence-corrected chi connectivity index (χ1v) is 9.19. The Morgan fingerprint density at radius 3 is 2.37 bits per heavy atom. The number of phenolic OH excluding ortho intramolecular Hbond substituents is 1. The van der Waals surface area contributed by atoms with Crippen LogP contribution >= 0.6 is 0 Å². The van der Waals surface area contributed by atoms with Crippen LogP contribution in [0.2, 0.25) is 0 Å². The average molecular weight is 367 g/mol. The number of para-hydroxylation sites is 2. The lowest BCUT2D eigenvalue weighted by molar-refractivity contribution is -0.118. The van der Waals surface area contributed by atoms with E-state index in [-0.39, 0.29) is 23.5 Å². The van der Waals surface area contributed by atoms with Gasteiger partial charge in [0.05, 0.1) is 5.69 Å². The molecule has 0 spiro atoms. The summed E-state index contributed by atoms with van der Waals surface area (Å²) in [5, 5.41) is 12.8. The number of anilines is 2. The molecule has 2 N–H and O–H groups in total. The number of nitrogens with zero attached hydrogens (tertiary/aromatic N) is 2. The van der Waals surface area contributed by atoms with Crippen LogP contribution in [0.3, 0.4) is 0 Å². The maximum atomic E-state index is 12.8. The number of rotatable bonds is 4. The van der Waals surface area contributed by atoms with E-state index >= 15 is 0 Å². The fourth-order valence-corrected chi connectivity index (χ4v) is 3.08. The summed E-state index contributed by atoms with van der Waals surface area (Å²) in [5.74, 6) is 0.0150. The van der Waals surface area contributed by atoms with Gasteiger partial charge in [-0.15, -0.1) is 0 Å². The van der Waals surface area contributed by atoms with Gasteiger partial charge in [0.15, 0.2) is 0 Å². The van der Waals surface area contributed by atoms with Crippen molar-refractivity contribution in [1.82, 2.24) is 4.90 Å². The quantitative estimate of drug-likeness (QED) is 0.871. The maximum Gasteiger partial charge on any atom is 0.254 e. The van der Waals surface area contributed by atoms with E-state index in [2.05, 4.69) is 10.2 Å². The Morgan fingerprint density at radius 1 is 1.00 bits per heavy atom. The van der Waals surface area contributed by atoms with Crippen LogP contribution in [0.4, 0.5) is 11.4 Å². The summed E-state index contributed by atoms with van der Waals surface area (Å²) >= 11 is 0. The van der Waals surface area contributed by atoms with Crippen LogP contribution in [0.15, 0.2) is 48.5 Å². The molecular weight excluding hydrogens is 342 g/mol. The summed E-state index contributed by atoms with van der Waals surface area (Å²) in [6, 6.07) is 14.3. The molecule has 2 aromatic rings. The molecule has 2 amide bonds. The van der Waals surface area contributed by atoms with Crippen molar-refractivity contribution in [3.05, 3.63) is 54.1 Å². The Hall–Kier alpha value is -3.02. The summed E-state index contributed by atoms with van der Waals surface area (Å²) in [6.07, 6.45) is 0. The van der Waals surface area contributed by atoms with Crippen molar-refractivity contribution in [3.63, 3.8) is 0 Å². The van der Waals surface area contributed by atoms with Gasteiger partial charge in [-0.25, -0.2) is 0 Å². The number of hydrogen-bond donors (Lipinski definition) is 2. The molecule has 6 heteroatoms. The molecule has 142 valence electrons. The van der Waals surface area contributed by atoms with E-state index in [9.17, 15) is 14.7 Å². The highest BCUT2D eigenvalue weighted by Crippen LogP contribution is 2.27. The fourth-order valence-electron chi connectivity index (χ4n) is 3.08. The van der Waals surface area contributed by atoms with E-state index in [0.29, 0.717) is 37.4 Å². The Morgan fingerprint density at radius 2 is 1.70 bits per heavy atom. The van der Waals surface area contributed by atoms with Gasteiger partial charge >= 0.3 is 0 Å². The van der Waals surface area contributed by atoms with Crippen molar-refractivity contribution in [2.45, 2.75) is 13.8 Å². The van der Waals surface area contributed by atoms with Gasteiger partial charge in [0.25, 0.3) is 5.91 Å². The van der Waals surface area contributed by atoms with E-state index in [0.717, 1.165) is 5.69 Å². The average Bonchev–Trinajstić information content (AvgIpc) is 2.68. The molecule has 2 aromatic carbocycles. The zero-order valence-electron chi connectivity index (χ0n) is 15.7. The standard InChI is InChI=1S/C21H25N3O3/c1-15(2)20(26)22-17-7-5-6-16(14-17)21(27)24-12-10-23(11-13-24)18-8-3-4-9-19(18)25/h3-9,14-15,25H,10-13H2,1-2H3,(H,22,26). The number of phenols is 1. The number of hydrogen-bond acceptors (Lipinski definition) is 4. The summed E-state index contributed by atoms with van der Waals surface area (Å²) in [4.78, 5) is 28.6. The third-order valence-corrected chi connectivity index (χ3v) is 4.69. The Labute approximate surface area is 159 Å². The number of carbonyl (C=O) groups excluding carboxylic acids is 2. The summed E-state index contributed by atoms with van der Waals surface area (Å²) in [6.45, 7) is 6.13. The second-order valence-electron chi connectivity index (χ2n) is 6.99. The molecular formula is C21H25N3O3. The maximum absolute atomic E-state index is 12.8. The summed E-state index contributed by atoms with van der Waals surface area (Å²) in [7, 11) is 0. The number of benzene rings is 2. The molecule has 0 radical (unpaired) electrons. The van der Waals surface area contributed by atoms with Gasteiger partial charge in [-0.05, 0) is 30.3 Å². The van der Waals surface area contributed by atoms with Gasteiger partial charge in [-0.2, -0.15) is 0 Å². The molecule has 3 rings (SSSR count). The predicted octanol–water partition coefficient (Wildman–Crippen LogP) is 2.95. The first-order chi connectivity index (χ1) is 13.0. The van der Waals surface area contributed by atoms with Crippen LogP contribution in [-0.4, -0.2) is 48.0 Å². The lowest BCUT2D eigenvalue weighted by Gasteiger charge is -2.36. The lowest BCUT2D eigenvalue weighted by atomic mass is 10.1. The second-order valence-corrected chi connectivity index (χ2v) is 6.99. The molecule has 1 aliphatic heterocycles. The van der Waals surface area contributed by atoms with Crippen LogP contribution in [0.1, 0.15) is 24.2 Å². The normalized spacial score (nSPS) is 14.3. The van der Waals surface area contributed by atoms with E-state index in [1.54, 1.807) is 41.3 Å².